The molecule has 2 saturated heterocycles. The summed E-state index contributed by atoms with van der Waals surface area (Å²) in [5.74, 6) is 0.852. The highest BCUT2D eigenvalue weighted by Crippen LogP contribution is 2.30. The second kappa shape index (κ2) is 4.45. The second-order valence-electron chi connectivity index (χ2n) is 6.25. The summed E-state index contributed by atoms with van der Waals surface area (Å²) >= 11 is 0. The molecule has 1 N–H and O–H groups in total. The molecule has 0 spiro atoms. The maximum atomic E-state index is 4.72. The van der Waals surface area contributed by atoms with Gasteiger partial charge in [0.05, 0.1) is 0 Å². The van der Waals surface area contributed by atoms with Gasteiger partial charge < -0.3 is 10.2 Å². The molecule has 2 fully saturated rings. The third-order valence-electron chi connectivity index (χ3n) is 4.86. The van der Waals surface area contributed by atoms with E-state index in [0.717, 1.165) is 11.6 Å². The Morgan fingerprint density at radius 1 is 1.30 bits per heavy atom. The van der Waals surface area contributed by atoms with Crippen LogP contribution < -0.4 is 10.2 Å². The zero-order chi connectivity index (χ0) is 13.7. The van der Waals surface area contributed by atoms with Gasteiger partial charge in [0.2, 0.25) is 5.95 Å². The molecule has 20 heavy (non-hydrogen) atoms. The summed E-state index contributed by atoms with van der Waals surface area (Å²) < 4.78 is 1.89. The van der Waals surface area contributed by atoms with Gasteiger partial charge in [0.1, 0.15) is 0 Å². The average molecular weight is 271 g/mol. The van der Waals surface area contributed by atoms with E-state index in [1.165, 1.54) is 31.2 Å². The highest BCUT2D eigenvalue weighted by Gasteiger charge is 2.36. The minimum absolute atomic E-state index is 0.562. The van der Waals surface area contributed by atoms with Gasteiger partial charge in [-0.25, -0.2) is 4.52 Å². The predicted molar refractivity (Wildman–Crippen MR) is 79.1 cm³/mol. The van der Waals surface area contributed by atoms with Crippen LogP contribution in [0.3, 0.4) is 0 Å². The molecular weight excluding hydrogens is 250 g/mol. The molecule has 5 nitrogen and oxygen atoms in total. The van der Waals surface area contributed by atoms with Gasteiger partial charge in [0.25, 0.3) is 0 Å². The summed E-state index contributed by atoms with van der Waals surface area (Å²) in [6.07, 6.45) is 7.04. The Morgan fingerprint density at radius 2 is 2.05 bits per heavy atom. The van der Waals surface area contributed by atoms with Crippen LogP contribution in [-0.2, 0) is 0 Å². The van der Waals surface area contributed by atoms with Crippen molar-refractivity contribution in [3.05, 3.63) is 23.9 Å². The number of fused-ring (bicyclic) bond motifs is 3. The lowest BCUT2D eigenvalue weighted by Gasteiger charge is -2.34. The van der Waals surface area contributed by atoms with E-state index in [1.807, 2.05) is 16.8 Å². The molecule has 2 aliphatic heterocycles. The van der Waals surface area contributed by atoms with Crippen LogP contribution in [0.15, 0.2) is 18.3 Å². The summed E-state index contributed by atoms with van der Waals surface area (Å²) in [6.45, 7) is 2.08. The molecule has 2 unspecified atom stereocenters. The van der Waals surface area contributed by atoms with Gasteiger partial charge in [-0.1, -0.05) is 6.07 Å². The number of aryl methyl sites for hydroxylation is 1. The molecule has 2 aliphatic rings. The summed E-state index contributed by atoms with van der Waals surface area (Å²) in [7, 11) is 2.14. The van der Waals surface area contributed by atoms with Crippen LogP contribution in [0.4, 0.5) is 5.95 Å². The highest BCUT2D eigenvalue weighted by atomic mass is 15.4. The van der Waals surface area contributed by atoms with Crippen molar-refractivity contribution in [2.24, 2.45) is 0 Å². The van der Waals surface area contributed by atoms with Gasteiger partial charge in [-0.2, -0.15) is 4.98 Å². The van der Waals surface area contributed by atoms with Crippen molar-refractivity contribution in [3.63, 3.8) is 0 Å². The van der Waals surface area contributed by atoms with Gasteiger partial charge in [-0.3, -0.25) is 0 Å². The first-order chi connectivity index (χ1) is 9.70. The lowest BCUT2D eigenvalue weighted by atomic mass is 9.99. The van der Waals surface area contributed by atoms with Crippen molar-refractivity contribution < 1.29 is 0 Å². The molecule has 106 valence electrons. The molecule has 0 aliphatic carbocycles. The van der Waals surface area contributed by atoms with Crippen molar-refractivity contribution in [1.82, 2.24) is 19.9 Å². The van der Waals surface area contributed by atoms with Gasteiger partial charge in [-0.05, 0) is 44.2 Å². The van der Waals surface area contributed by atoms with Crippen molar-refractivity contribution in [1.29, 1.82) is 0 Å². The topological polar surface area (TPSA) is 45.5 Å². The number of anilines is 1. The Balaban J connectivity index is 1.63. The van der Waals surface area contributed by atoms with E-state index in [1.54, 1.807) is 0 Å². The standard InChI is InChI=1S/C15H21N5/c1-10-4-3-7-20-14(10)17-15(18-20)19(2)13-8-11-5-6-12(9-13)16-11/h3-4,7,11-13,16H,5-6,8-9H2,1-2H3. The van der Waals surface area contributed by atoms with E-state index in [9.17, 15) is 0 Å². The zero-order valence-corrected chi connectivity index (χ0v) is 12.1. The molecule has 2 aromatic rings. The molecule has 0 saturated carbocycles. The first kappa shape index (κ1) is 12.1. The van der Waals surface area contributed by atoms with Crippen LogP contribution >= 0.6 is 0 Å². The maximum absolute atomic E-state index is 4.72. The minimum atomic E-state index is 0.562. The summed E-state index contributed by atoms with van der Waals surface area (Å²) in [5.41, 5.74) is 2.14. The maximum Gasteiger partial charge on any atom is 0.245 e. The highest BCUT2D eigenvalue weighted by molar-refractivity contribution is 5.50. The van der Waals surface area contributed by atoms with E-state index >= 15 is 0 Å². The molecular formula is C15H21N5. The number of pyridine rings is 1. The van der Waals surface area contributed by atoms with Crippen LogP contribution in [-0.4, -0.2) is 39.8 Å². The van der Waals surface area contributed by atoms with E-state index in [4.69, 9.17) is 4.98 Å². The summed E-state index contributed by atoms with van der Waals surface area (Å²) in [4.78, 5) is 6.99. The van der Waals surface area contributed by atoms with Gasteiger partial charge in [0, 0.05) is 31.4 Å². The first-order valence-electron chi connectivity index (χ1n) is 7.51. The molecule has 4 heterocycles. The number of hydrogen-bond acceptors (Lipinski definition) is 4. The van der Waals surface area contributed by atoms with Gasteiger partial charge >= 0.3 is 0 Å². The van der Waals surface area contributed by atoms with Gasteiger partial charge in [-0.15, -0.1) is 5.10 Å². The Labute approximate surface area is 119 Å². The molecule has 0 radical (unpaired) electrons. The number of aromatic nitrogens is 3. The smallest absolute Gasteiger partial charge is 0.245 e. The molecule has 5 heteroatoms. The van der Waals surface area contributed by atoms with Crippen molar-refractivity contribution in [3.8, 4) is 0 Å². The van der Waals surface area contributed by atoms with Gasteiger partial charge in [0.15, 0.2) is 5.65 Å². The largest absolute Gasteiger partial charge is 0.339 e. The zero-order valence-electron chi connectivity index (χ0n) is 12.1. The number of piperidine rings is 1. The second-order valence-corrected chi connectivity index (χ2v) is 6.25. The Hall–Kier alpha value is -1.62. The van der Waals surface area contributed by atoms with E-state index in [0.29, 0.717) is 18.1 Å². The van der Waals surface area contributed by atoms with Crippen molar-refractivity contribution in [2.45, 2.75) is 50.7 Å². The molecule has 2 bridgehead atoms. The fourth-order valence-electron chi connectivity index (χ4n) is 3.68. The molecule has 0 amide bonds. The predicted octanol–water partition coefficient (Wildman–Crippen LogP) is 1.76. The van der Waals surface area contributed by atoms with Crippen LogP contribution in [0.1, 0.15) is 31.2 Å². The van der Waals surface area contributed by atoms with Crippen molar-refractivity contribution in [2.75, 3.05) is 11.9 Å². The molecule has 4 rings (SSSR count). The monoisotopic (exact) mass is 271 g/mol. The summed E-state index contributed by atoms with van der Waals surface area (Å²) in [5, 5.41) is 8.32. The lowest BCUT2D eigenvalue weighted by Crippen LogP contribution is -2.47. The van der Waals surface area contributed by atoms with E-state index in [2.05, 4.69) is 35.4 Å². The fourth-order valence-corrected chi connectivity index (χ4v) is 3.68. The Morgan fingerprint density at radius 3 is 2.75 bits per heavy atom. The van der Waals surface area contributed by atoms with Crippen molar-refractivity contribution >= 4 is 11.6 Å². The van der Waals surface area contributed by atoms with E-state index < -0.39 is 0 Å². The third kappa shape index (κ3) is 1.88. The van der Waals surface area contributed by atoms with Crippen LogP contribution in [0.25, 0.3) is 5.65 Å². The minimum Gasteiger partial charge on any atom is -0.339 e. The SMILES string of the molecule is Cc1cccn2nc(N(C)C3CC4CCC(C3)N4)nc12. The number of rotatable bonds is 2. The third-order valence-corrected chi connectivity index (χ3v) is 4.86. The quantitative estimate of drug-likeness (QED) is 0.904. The molecule has 2 aromatic heterocycles. The van der Waals surface area contributed by atoms with Crippen LogP contribution in [0, 0.1) is 6.92 Å². The molecule has 2 atom stereocenters. The molecule has 0 aromatic carbocycles. The van der Waals surface area contributed by atoms with E-state index in [-0.39, 0.29) is 0 Å². The normalized spacial score (nSPS) is 29.0. The van der Waals surface area contributed by atoms with Crippen LogP contribution in [0.2, 0.25) is 0 Å². The number of nitrogens with zero attached hydrogens (tertiary/aromatic N) is 4. The summed E-state index contributed by atoms with van der Waals surface area (Å²) in [6, 6.07) is 6.05. The Bertz CT molecular complexity index is 622. The average Bonchev–Trinajstić information content (AvgIpc) is 3.02. The Kier molecular flexibility index (Phi) is 2.70. The fraction of sp³-hybridized carbons (Fsp3) is 0.600. The number of hydrogen-bond donors (Lipinski definition) is 1. The van der Waals surface area contributed by atoms with Crippen LogP contribution in [0.5, 0.6) is 0 Å². The lowest BCUT2D eigenvalue weighted by molar-refractivity contribution is 0.353. The number of nitrogens with one attached hydrogen (secondary N) is 1. The first-order valence-corrected chi connectivity index (χ1v) is 7.51.